The lowest BCUT2D eigenvalue weighted by Gasteiger charge is -2.22. The van der Waals surface area contributed by atoms with E-state index in [1.165, 1.54) is 7.11 Å². The lowest BCUT2D eigenvalue weighted by molar-refractivity contribution is -0.144. The number of alkyl halides is 2. The van der Waals surface area contributed by atoms with Gasteiger partial charge < -0.3 is 14.9 Å². The Kier molecular flexibility index (Phi) is 10.8. The van der Waals surface area contributed by atoms with E-state index in [4.69, 9.17) is 0 Å². The van der Waals surface area contributed by atoms with E-state index in [2.05, 4.69) is 4.74 Å². The second-order valence-corrected chi connectivity index (χ2v) is 7.64. The van der Waals surface area contributed by atoms with Crippen molar-refractivity contribution in [3.05, 3.63) is 12.2 Å². The van der Waals surface area contributed by atoms with E-state index in [0.29, 0.717) is 32.1 Å². The molecular weight excluding hydrogens is 370 g/mol. The van der Waals surface area contributed by atoms with Crippen LogP contribution in [-0.2, 0) is 14.3 Å². The van der Waals surface area contributed by atoms with E-state index < -0.39 is 30.3 Å². The molecule has 0 aromatic rings. The lowest BCUT2D eigenvalue weighted by atomic mass is 9.86. The topological polar surface area (TPSA) is 83.8 Å². The highest BCUT2D eigenvalue weighted by Gasteiger charge is 2.41. The molecule has 0 aromatic carbocycles. The van der Waals surface area contributed by atoms with Crippen LogP contribution in [0.25, 0.3) is 0 Å². The SMILES string of the molecule is CCCC(F)(F)C(=O)CCC[C@@H]1[C@@H](C/C=C\CCCC(=O)OC)[C@@H](O)C[C@H]1O. The molecule has 2 N–H and O–H groups in total. The van der Waals surface area contributed by atoms with Gasteiger partial charge in [0.2, 0.25) is 5.78 Å². The molecule has 7 heteroatoms. The van der Waals surface area contributed by atoms with Crippen molar-refractivity contribution in [3.8, 4) is 0 Å². The summed E-state index contributed by atoms with van der Waals surface area (Å²) in [6.45, 7) is 1.62. The number of halogens is 2. The minimum Gasteiger partial charge on any atom is -0.469 e. The normalized spacial score (nSPS) is 25.4. The average molecular weight is 404 g/mol. The van der Waals surface area contributed by atoms with Gasteiger partial charge in [0.15, 0.2) is 0 Å². The van der Waals surface area contributed by atoms with Crippen molar-refractivity contribution in [3.63, 3.8) is 0 Å². The third kappa shape index (κ3) is 7.95. The number of ether oxygens (including phenoxy) is 1. The van der Waals surface area contributed by atoms with Gasteiger partial charge in [-0.2, -0.15) is 8.78 Å². The van der Waals surface area contributed by atoms with Crippen molar-refractivity contribution >= 4 is 11.8 Å². The zero-order chi connectivity index (χ0) is 21.2. The average Bonchev–Trinajstić information content (AvgIpc) is 2.90. The monoisotopic (exact) mass is 404 g/mol. The molecule has 1 rings (SSSR count). The van der Waals surface area contributed by atoms with Gasteiger partial charge in [-0.05, 0) is 56.8 Å². The number of hydrogen-bond donors (Lipinski definition) is 2. The Bertz CT molecular complexity index is 521. The maximum absolute atomic E-state index is 13.6. The number of carbonyl (C=O) groups is 2. The number of aliphatic hydroxyl groups excluding tert-OH is 2. The highest BCUT2D eigenvalue weighted by molar-refractivity contribution is 5.85. The summed E-state index contributed by atoms with van der Waals surface area (Å²) in [4.78, 5) is 22.7. The Morgan fingerprint density at radius 1 is 1.11 bits per heavy atom. The van der Waals surface area contributed by atoms with Gasteiger partial charge >= 0.3 is 11.9 Å². The maximum Gasteiger partial charge on any atom is 0.305 e. The maximum atomic E-state index is 13.6. The molecule has 0 heterocycles. The van der Waals surface area contributed by atoms with E-state index in [9.17, 15) is 28.6 Å². The zero-order valence-electron chi connectivity index (χ0n) is 16.9. The van der Waals surface area contributed by atoms with Crippen LogP contribution in [-0.4, -0.2) is 47.2 Å². The first-order valence-corrected chi connectivity index (χ1v) is 10.2. The number of aliphatic hydroxyl groups is 2. The summed E-state index contributed by atoms with van der Waals surface area (Å²) in [6.07, 6.45) is 5.46. The second-order valence-electron chi connectivity index (χ2n) is 7.64. The molecule has 28 heavy (non-hydrogen) atoms. The van der Waals surface area contributed by atoms with Gasteiger partial charge in [-0.25, -0.2) is 0 Å². The van der Waals surface area contributed by atoms with E-state index in [1.54, 1.807) is 6.92 Å². The van der Waals surface area contributed by atoms with Crippen LogP contribution in [0.5, 0.6) is 0 Å². The van der Waals surface area contributed by atoms with Gasteiger partial charge in [-0.15, -0.1) is 0 Å². The Balaban J connectivity index is 2.44. The number of Topliss-reactive ketones (excluding diaryl/α,β-unsaturated/α-hetero) is 1. The molecule has 5 nitrogen and oxygen atoms in total. The predicted molar refractivity (Wildman–Crippen MR) is 102 cm³/mol. The van der Waals surface area contributed by atoms with Gasteiger partial charge in [0.1, 0.15) is 0 Å². The number of unbranched alkanes of at least 4 members (excludes halogenated alkanes) is 1. The predicted octanol–water partition coefficient (Wildman–Crippen LogP) is 3.81. The molecule has 0 aliphatic heterocycles. The standard InChI is InChI=1S/C21H34F2O5/c1-3-13-21(22,23)19(26)11-8-10-16-15(17(24)14-18(16)25)9-6-4-5-7-12-20(27)28-2/h4,6,15-18,24-25H,3,5,7-14H2,1-2H3/b6-4-/t15-,16-,17+,18-/m1/s1. The number of rotatable bonds is 13. The number of carbonyl (C=O) groups excluding carboxylic acids is 2. The van der Waals surface area contributed by atoms with Crippen molar-refractivity contribution in [1.82, 2.24) is 0 Å². The molecule has 0 amide bonds. The molecule has 1 fully saturated rings. The third-order valence-electron chi connectivity index (χ3n) is 5.49. The molecule has 0 unspecified atom stereocenters. The van der Waals surface area contributed by atoms with Crippen LogP contribution in [0.4, 0.5) is 8.78 Å². The van der Waals surface area contributed by atoms with Crippen LogP contribution < -0.4 is 0 Å². The molecule has 162 valence electrons. The Labute approximate surface area is 166 Å². The summed E-state index contributed by atoms with van der Waals surface area (Å²) >= 11 is 0. The molecule has 0 radical (unpaired) electrons. The quantitative estimate of drug-likeness (QED) is 0.277. The van der Waals surface area contributed by atoms with Crippen LogP contribution >= 0.6 is 0 Å². The smallest absolute Gasteiger partial charge is 0.305 e. The van der Waals surface area contributed by atoms with E-state index >= 15 is 0 Å². The van der Waals surface area contributed by atoms with E-state index in [1.807, 2.05) is 12.2 Å². The van der Waals surface area contributed by atoms with Crippen LogP contribution in [0.1, 0.15) is 71.1 Å². The first-order chi connectivity index (χ1) is 13.2. The van der Waals surface area contributed by atoms with Crippen LogP contribution in [0.3, 0.4) is 0 Å². The summed E-state index contributed by atoms with van der Waals surface area (Å²) in [5.74, 6) is -4.92. The van der Waals surface area contributed by atoms with Crippen LogP contribution in [0.15, 0.2) is 12.2 Å². The first-order valence-electron chi connectivity index (χ1n) is 10.2. The molecule has 0 aromatic heterocycles. The number of esters is 1. The highest BCUT2D eigenvalue weighted by atomic mass is 19.3. The Morgan fingerprint density at radius 3 is 2.43 bits per heavy atom. The zero-order valence-corrected chi connectivity index (χ0v) is 16.9. The molecule has 1 aliphatic carbocycles. The fraction of sp³-hybridized carbons (Fsp3) is 0.810. The number of allylic oxidation sites excluding steroid dienone is 2. The van der Waals surface area contributed by atoms with E-state index in [-0.39, 0.29) is 43.5 Å². The number of ketones is 1. The summed E-state index contributed by atoms with van der Waals surface area (Å²) in [5, 5.41) is 20.4. The molecule has 1 saturated carbocycles. The molecule has 0 saturated heterocycles. The first kappa shape index (κ1) is 24.7. The van der Waals surface area contributed by atoms with Crippen molar-refractivity contribution in [2.45, 2.75) is 89.3 Å². The Morgan fingerprint density at radius 2 is 1.79 bits per heavy atom. The minimum atomic E-state index is -3.27. The van der Waals surface area contributed by atoms with E-state index in [0.717, 1.165) is 0 Å². The van der Waals surface area contributed by atoms with Gasteiger partial charge in [0.05, 0.1) is 19.3 Å². The molecule has 4 atom stereocenters. The summed E-state index contributed by atoms with van der Waals surface area (Å²) in [5.41, 5.74) is 0. The summed E-state index contributed by atoms with van der Waals surface area (Å²) in [7, 11) is 1.35. The van der Waals surface area contributed by atoms with Gasteiger partial charge in [-0.1, -0.05) is 19.1 Å². The third-order valence-corrected chi connectivity index (χ3v) is 5.49. The fourth-order valence-electron chi connectivity index (χ4n) is 3.88. The number of methoxy groups -OCH3 is 1. The molecule has 0 spiro atoms. The molecule has 1 aliphatic rings. The van der Waals surface area contributed by atoms with Gasteiger partial charge in [-0.3, -0.25) is 9.59 Å². The van der Waals surface area contributed by atoms with Crippen molar-refractivity contribution in [2.24, 2.45) is 11.8 Å². The van der Waals surface area contributed by atoms with Crippen LogP contribution in [0.2, 0.25) is 0 Å². The van der Waals surface area contributed by atoms with Crippen LogP contribution in [0, 0.1) is 11.8 Å². The van der Waals surface area contributed by atoms with Gasteiger partial charge in [0, 0.05) is 19.3 Å². The summed E-state index contributed by atoms with van der Waals surface area (Å²) < 4.78 is 31.8. The second kappa shape index (κ2) is 12.3. The molecule has 0 bridgehead atoms. The Hall–Kier alpha value is -1.34. The fourth-order valence-corrected chi connectivity index (χ4v) is 3.88. The molecular formula is C21H34F2O5. The minimum absolute atomic E-state index is 0.155. The lowest BCUT2D eigenvalue weighted by Crippen LogP contribution is -2.28. The largest absolute Gasteiger partial charge is 0.469 e. The van der Waals surface area contributed by atoms with Crippen molar-refractivity contribution in [2.75, 3.05) is 7.11 Å². The van der Waals surface area contributed by atoms with Crippen molar-refractivity contribution in [1.29, 1.82) is 0 Å². The van der Waals surface area contributed by atoms with Gasteiger partial charge in [0.25, 0.3) is 0 Å². The number of hydrogen-bond acceptors (Lipinski definition) is 5. The highest BCUT2D eigenvalue weighted by Crippen LogP contribution is 2.38. The van der Waals surface area contributed by atoms with Crippen molar-refractivity contribution < 1.29 is 33.3 Å². The summed E-state index contributed by atoms with van der Waals surface area (Å²) in [6, 6.07) is 0.